The number of carbonyl (C=O) groups excluding carboxylic acids is 1. The number of hydrogen-bond donors (Lipinski definition) is 1. The summed E-state index contributed by atoms with van der Waals surface area (Å²) in [7, 11) is 0. The van der Waals surface area contributed by atoms with Crippen molar-refractivity contribution in [2.45, 2.75) is 18.9 Å². The first-order chi connectivity index (χ1) is 8.54. The van der Waals surface area contributed by atoms with Crippen molar-refractivity contribution in [3.8, 4) is 0 Å². The van der Waals surface area contributed by atoms with Gasteiger partial charge in [-0.1, -0.05) is 11.6 Å². The molecule has 1 saturated heterocycles. The van der Waals surface area contributed by atoms with Gasteiger partial charge in [0.25, 0.3) is 5.91 Å². The monoisotopic (exact) mass is 274 g/mol. The third-order valence-corrected chi connectivity index (χ3v) is 3.46. The van der Waals surface area contributed by atoms with Crippen LogP contribution in [0.25, 0.3) is 0 Å². The van der Waals surface area contributed by atoms with Crippen molar-refractivity contribution in [1.29, 1.82) is 0 Å². The van der Waals surface area contributed by atoms with Gasteiger partial charge < -0.3 is 10.6 Å². The number of amides is 1. The van der Waals surface area contributed by atoms with Gasteiger partial charge >= 0.3 is 0 Å². The molecule has 2 N–H and O–H groups in total. The summed E-state index contributed by atoms with van der Waals surface area (Å²) in [6.45, 7) is 0.920. The first kappa shape index (κ1) is 13.2. The summed E-state index contributed by atoms with van der Waals surface area (Å²) in [5, 5.41) is -0.0819. The second-order valence-corrected chi connectivity index (χ2v) is 4.68. The lowest BCUT2D eigenvalue weighted by Crippen LogP contribution is -2.40. The Labute approximate surface area is 109 Å². The number of nitrogens with zero attached hydrogens (tertiary/aromatic N) is 1. The highest BCUT2D eigenvalue weighted by atomic mass is 35.5. The first-order valence-corrected chi connectivity index (χ1v) is 6.08. The van der Waals surface area contributed by atoms with Crippen LogP contribution in [0.3, 0.4) is 0 Å². The molecule has 1 aromatic rings. The Morgan fingerprint density at radius 2 is 2.11 bits per heavy atom. The average Bonchev–Trinajstić information content (AvgIpc) is 2.81. The largest absolute Gasteiger partial charge is 0.334 e. The van der Waals surface area contributed by atoms with E-state index in [-0.39, 0.29) is 16.6 Å². The fraction of sp³-hybridized carbons (Fsp3) is 0.417. The lowest BCUT2D eigenvalue weighted by Gasteiger charge is -2.24. The molecular weight excluding hydrogens is 262 g/mol. The summed E-state index contributed by atoms with van der Waals surface area (Å²) in [4.78, 5) is 13.8. The molecule has 1 fully saturated rings. The van der Waals surface area contributed by atoms with Crippen molar-refractivity contribution < 1.29 is 13.6 Å². The van der Waals surface area contributed by atoms with Gasteiger partial charge in [0, 0.05) is 19.1 Å². The maximum atomic E-state index is 13.2. The smallest absolute Gasteiger partial charge is 0.255 e. The Bertz CT molecular complexity index is 481. The Morgan fingerprint density at radius 1 is 1.44 bits per heavy atom. The van der Waals surface area contributed by atoms with E-state index in [1.54, 1.807) is 4.90 Å². The maximum absolute atomic E-state index is 13.2. The molecule has 0 bridgehead atoms. The molecule has 0 spiro atoms. The van der Waals surface area contributed by atoms with E-state index in [2.05, 4.69) is 0 Å². The van der Waals surface area contributed by atoms with Crippen LogP contribution in [0.1, 0.15) is 23.2 Å². The molecular formula is C12H13ClF2N2O. The fourth-order valence-corrected chi connectivity index (χ4v) is 2.42. The third-order valence-electron chi connectivity index (χ3n) is 3.15. The molecule has 0 saturated carbocycles. The molecule has 2 rings (SSSR count). The highest BCUT2D eigenvalue weighted by molar-refractivity contribution is 6.33. The van der Waals surface area contributed by atoms with E-state index >= 15 is 0 Å². The predicted molar refractivity (Wildman–Crippen MR) is 64.5 cm³/mol. The molecule has 1 amide bonds. The highest BCUT2D eigenvalue weighted by Crippen LogP contribution is 2.25. The summed E-state index contributed by atoms with van der Waals surface area (Å²) in [5.74, 6) is -2.54. The van der Waals surface area contributed by atoms with Crippen LogP contribution < -0.4 is 5.73 Å². The number of halogens is 3. The van der Waals surface area contributed by atoms with Crippen molar-refractivity contribution >= 4 is 17.5 Å². The van der Waals surface area contributed by atoms with E-state index in [4.69, 9.17) is 17.3 Å². The van der Waals surface area contributed by atoms with Crippen molar-refractivity contribution in [2.75, 3.05) is 13.1 Å². The number of rotatable bonds is 2. The Balaban J connectivity index is 2.31. The summed E-state index contributed by atoms with van der Waals surface area (Å²) < 4.78 is 26.1. The maximum Gasteiger partial charge on any atom is 0.255 e. The van der Waals surface area contributed by atoms with E-state index in [0.29, 0.717) is 13.1 Å². The summed E-state index contributed by atoms with van der Waals surface area (Å²) in [6, 6.07) is 1.60. The predicted octanol–water partition coefficient (Wildman–Crippen LogP) is 2.18. The van der Waals surface area contributed by atoms with E-state index in [1.165, 1.54) is 0 Å². The van der Waals surface area contributed by atoms with Crippen LogP contribution in [0.5, 0.6) is 0 Å². The topological polar surface area (TPSA) is 46.3 Å². The minimum absolute atomic E-state index is 0.0177. The molecule has 1 aliphatic rings. The van der Waals surface area contributed by atoms with Crippen LogP contribution >= 0.6 is 11.6 Å². The normalized spacial score (nSPS) is 19.3. The lowest BCUT2D eigenvalue weighted by molar-refractivity contribution is 0.0741. The molecule has 0 radical (unpaired) electrons. The molecule has 98 valence electrons. The van der Waals surface area contributed by atoms with Crippen LogP contribution in [0.4, 0.5) is 8.78 Å². The second kappa shape index (κ2) is 5.20. The fourth-order valence-electron chi connectivity index (χ4n) is 2.19. The van der Waals surface area contributed by atoms with Gasteiger partial charge in [-0.3, -0.25) is 4.79 Å². The van der Waals surface area contributed by atoms with Crippen LogP contribution in [-0.4, -0.2) is 29.9 Å². The van der Waals surface area contributed by atoms with Crippen molar-refractivity contribution in [2.24, 2.45) is 5.73 Å². The van der Waals surface area contributed by atoms with E-state index in [0.717, 1.165) is 25.0 Å². The molecule has 1 aromatic carbocycles. The Morgan fingerprint density at radius 3 is 2.78 bits per heavy atom. The van der Waals surface area contributed by atoms with Gasteiger partial charge in [0.1, 0.15) is 0 Å². The van der Waals surface area contributed by atoms with Gasteiger partial charge in [-0.2, -0.15) is 0 Å². The molecule has 1 unspecified atom stereocenters. The molecule has 1 heterocycles. The zero-order valence-electron chi connectivity index (χ0n) is 9.63. The third kappa shape index (κ3) is 2.33. The Kier molecular flexibility index (Phi) is 3.82. The quantitative estimate of drug-likeness (QED) is 0.840. The minimum atomic E-state index is -1.08. The van der Waals surface area contributed by atoms with Crippen LogP contribution in [0.2, 0.25) is 5.02 Å². The van der Waals surface area contributed by atoms with Crippen LogP contribution in [0, 0.1) is 11.6 Å². The Hall–Kier alpha value is -1.20. The van der Waals surface area contributed by atoms with Gasteiger partial charge in [0.15, 0.2) is 11.6 Å². The standard InChI is InChI=1S/C12H13ClF2N2O/c13-9-5-11(15)10(14)4-8(9)12(18)17-3-1-2-7(17)6-16/h4-5,7H,1-3,6,16H2. The van der Waals surface area contributed by atoms with Gasteiger partial charge in [0.05, 0.1) is 10.6 Å². The number of likely N-dealkylation sites (tertiary alicyclic amines) is 1. The first-order valence-electron chi connectivity index (χ1n) is 5.70. The zero-order chi connectivity index (χ0) is 13.3. The number of nitrogens with two attached hydrogens (primary N) is 1. The van der Waals surface area contributed by atoms with E-state index < -0.39 is 17.5 Å². The summed E-state index contributed by atoms with van der Waals surface area (Å²) >= 11 is 5.78. The molecule has 0 aliphatic carbocycles. The minimum Gasteiger partial charge on any atom is -0.334 e. The van der Waals surface area contributed by atoms with Crippen molar-refractivity contribution in [3.63, 3.8) is 0 Å². The van der Waals surface area contributed by atoms with Gasteiger partial charge in [-0.25, -0.2) is 8.78 Å². The van der Waals surface area contributed by atoms with Crippen LogP contribution in [0.15, 0.2) is 12.1 Å². The molecule has 1 aliphatic heterocycles. The van der Waals surface area contributed by atoms with Crippen molar-refractivity contribution in [1.82, 2.24) is 4.90 Å². The van der Waals surface area contributed by atoms with E-state index in [1.807, 2.05) is 0 Å². The number of benzene rings is 1. The molecule has 18 heavy (non-hydrogen) atoms. The zero-order valence-corrected chi connectivity index (χ0v) is 10.4. The summed E-state index contributed by atoms with van der Waals surface area (Å²) in [5.41, 5.74) is 5.55. The molecule has 3 nitrogen and oxygen atoms in total. The summed E-state index contributed by atoms with van der Waals surface area (Å²) in [6.07, 6.45) is 1.68. The number of hydrogen-bond acceptors (Lipinski definition) is 2. The average molecular weight is 275 g/mol. The number of carbonyl (C=O) groups is 1. The molecule has 6 heteroatoms. The molecule has 1 atom stereocenters. The SMILES string of the molecule is NCC1CCCN1C(=O)c1cc(F)c(F)cc1Cl. The lowest BCUT2D eigenvalue weighted by atomic mass is 10.1. The van der Waals surface area contributed by atoms with Crippen LogP contribution in [-0.2, 0) is 0 Å². The van der Waals surface area contributed by atoms with Crippen molar-refractivity contribution in [3.05, 3.63) is 34.4 Å². The highest BCUT2D eigenvalue weighted by Gasteiger charge is 2.29. The molecule has 0 aromatic heterocycles. The second-order valence-electron chi connectivity index (χ2n) is 4.28. The van der Waals surface area contributed by atoms with Gasteiger partial charge in [-0.15, -0.1) is 0 Å². The van der Waals surface area contributed by atoms with Gasteiger partial charge in [-0.05, 0) is 25.0 Å². The van der Waals surface area contributed by atoms with Gasteiger partial charge in [0.2, 0.25) is 0 Å². The van der Waals surface area contributed by atoms with E-state index in [9.17, 15) is 13.6 Å².